The Morgan fingerprint density at radius 1 is 1.19 bits per heavy atom. The number of rotatable bonds is 3. The average Bonchev–Trinajstić information content (AvgIpc) is 3.03. The first kappa shape index (κ1) is 23.4. The number of amides is 1. The summed E-state index contributed by atoms with van der Waals surface area (Å²) in [5, 5.41) is 5.09. The van der Waals surface area contributed by atoms with Gasteiger partial charge in [-0.15, -0.1) is 0 Å². The summed E-state index contributed by atoms with van der Waals surface area (Å²) >= 11 is 0. The van der Waals surface area contributed by atoms with Gasteiger partial charge < -0.3 is 19.3 Å². The summed E-state index contributed by atoms with van der Waals surface area (Å²) in [5.41, 5.74) is 0.739. The Balaban J connectivity index is 1.42. The lowest BCUT2D eigenvalue weighted by Crippen LogP contribution is -2.67. The Kier molecular flexibility index (Phi) is 6.22. The van der Waals surface area contributed by atoms with Crippen molar-refractivity contribution in [1.82, 2.24) is 19.6 Å². The highest BCUT2D eigenvalue weighted by Crippen LogP contribution is 2.34. The molecule has 1 amide bonds. The van der Waals surface area contributed by atoms with Gasteiger partial charge in [-0.2, -0.15) is 5.10 Å². The number of hydrogen-bond donors (Lipinski definition) is 0. The summed E-state index contributed by atoms with van der Waals surface area (Å²) < 4.78 is 13.2. The minimum Gasteiger partial charge on any atom is -0.444 e. The molecule has 3 saturated heterocycles. The van der Waals surface area contributed by atoms with Crippen molar-refractivity contribution in [3.05, 3.63) is 11.8 Å². The van der Waals surface area contributed by atoms with E-state index in [1.807, 2.05) is 25.7 Å². The van der Waals surface area contributed by atoms with Crippen molar-refractivity contribution in [2.45, 2.75) is 90.6 Å². The van der Waals surface area contributed by atoms with Gasteiger partial charge in [0.15, 0.2) is 5.82 Å². The van der Waals surface area contributed by atoms with Crippen molar-refractivity contribution in [3.63, 3.8) is 0 Å². The number of piperidine rings is 1. The fourth-order valence-corrected chi connectivity index (χ4v) is 5.20. The number of nitrogens with zero attached hydrogens (tertiary/aromatic N) is 5. The second-order valence-corrected chi connectivity index (χ2v) is 11.4. The lowest BCUT2D eigenvalue weighted by atomic mass is 9.94. The Bertz CT molecular complexity index is 818. The maximum absolute atomic E-state index is 12.4. The van der Waals surface area contributed by atoms with Crippen LogP contribution in [0.3, 0.4) is 0 Å². The zero-order valence-corrected chi connectivity index (χ0v) is 20.9. The summed E-state index contributed by atoms with van der Waals surface area (Å²) in [6.07, 6.45) is 1.59. The van der Waals surface area contributed by atoms with Crippen molar-refractivity contribution in [2.24, 2.45) is 0 Å². The topological polar surface area (TPSA) is 63.1 Å². The second-order valence-electron chi connectivity index (χ2n) is 11.4. The van der Waals surface area contributed by atoms with Crippen molar-refractivity contribution >= 4 is 11.9 Å². The standard InChI is InChI=1S/C24H41N5O3/c1-17-12-21(28-13-18(2)27(16-24(28,6)7)20-14-31-15-20)25-29(17)19-8-10-26(11-9-19)22(30)32-23(3,4)5/h12,18-20H,8-11,13-16H2,1-7H3/t18-/m0/s1. The Morgan fingerprint density at radius 2 is 1.84 bits per heavy atom. The van der Waals surface area contributed by atoms with Gasteiger partial charge in [-0.1, -0.05) is 0 Å². The van der Waals surface area contributed by atoms with Gasteiger partial charge in [0, 0.05) is 49.5 Å². The van der Waals surface area contributed by atoms with E-state index in [9.17, 15) is 4.79 Å². The molecule has 0 bridgehead atoms. The van der Waals surface area contributed by atoms with E-state index in [1.54, 1.807) is 0 Å². The predicted molar refractivity (Wildman–Crippen MR) is 125 cm³/mol. The fourth-order valence-electron chi connectivity index (χ4n) is 5.20. The maximum atomic E-state index is 12.4. The van der Waals surface area contributed by atoms with E-state index in [2.05, 4.69) is 48.2 Å². The van der Waals surface area contributed by atoms with Crippen LogP contribution in [-0.4, -0.2) is 88.3 Å². The summed E-state index contributed by atoms with van der Waals surface area (Å²) in [6.45, 7) is 19.9. The number of piperazine rings is 1. The van der Waals surface area contributed by atoms with E-state index < -0.39 is 5.60 Å². The molecule has 0 saturated carbocycles. The normalized spacial score (nSPS) is 25.7. The monoisotopic (exact) mass is 447 g/mol. The SMILES string of the molecule is Cc1cc(N2C[C@H](C)N(C3COC3)CC2(C)C)nn1C1CCN(C(=O)OC(C)(C)C)CC1. The van der Waals surface area contributed by atoms with Crippen LogP contribution in [0.1, 0.15) is 66.1 Å². The van der Waals surface area contributed by atoms with Crippen LogP contribution in [0, 0.1) is 6.92 Å². The molecule has 4 rings (SSSR count). The van der Waals surface area contributed by atoms with Crippen molar-refractivity contribution in [2.75, 3.05) is 44.3 Å². The number of hydrogen-bond acceptors (Lipinski definition) is 6. The van der Waals surface area contributed by atoms with Gasteiger partial charge in [0.1, 0.15) is 5.60 Å². The van der Waals surface area contributed by atoms with Crippen LogP contribution in [0.25, 0.3) is 0 Å². The molecular weight excluding hydrogens is 406 g/mol. The van der Waals surface area contributed by atoms with Crippen LogP contribution in [0.15, 0.2) is 6.07 Å². The number of carbonyl (C=O) groups is 1. The lowest BCUT2D eigenvalue weighted by Gasteiger charge is -2.54. The molecule has 3 aliphatic rings. The highest BCUT2D eigenvalue weighted by Gasteiger charge is 2.43. The third-order valence-electron chi connectivity index (χ3n) is 7.05. The molecule has 1 aromatic rings. The molecule has 1 aromatic heterocycles. The molecular formula is C24H41N5O3. The molecule has 3 aliphatic heterocycles. The first-order valence-electron chi connectivity index (χ1n) is 12.1. The summed E-state index contributed by atoms with van der Waals surface area (Å²) in [6, 6.07) is 3.58. The molecule has 0 radical (unpaired) electrons. The molecule has 0 aromatic carbocycles. The third kappa shape index (κ3) is 4.76. The van der Waals surface area contributed by atoms with E-state index in [1.165, 1.54) is 5.69 Å². The highest BCUT2D eigenvalue weighted by molar-refractivity contribution is 5.68. The summed E-state index contributed by atoms with van der Waals surface area (Å²) in [5.74, 6) is 1.07. The van der Waals surface area contributed by atoms with Crippen LogP contribution in [-0.2, 0) is 9.47 Å². The Morgan fingerprint density at radius 3 is 2.41 bits per heavy atom. The number of likely N-dealkylation sites (tertiary alicyclic amines) is 1. The highest BCUT2D eigenvalue weighted by atomic mass is 16.6. The van der Waals surface area contributed by atoms with Gasteiger partial charge in [0.2, 0.25) is 0 Å². The lowest BCUT2D eigenvalue weighted by molar-refractivity contribution is -0.0886. The molecule has 8 heteroatoms. The molecule has 32 heavy (non-hydrogen) atoms. The van der Waals surface area contributed by atoms with Gasteiger partial charge in [-0.25, -0.2) is 4.79 Å². The van der Waals surface area contributed by atoms with E-state index >= 15 is 0 Å². The van der Waals surface area contributed by atoms with Crippen molar-refractivity contribution in [3.8, 4) is 0 Å². The second kappa shape index (κ2) is 8.52. The largest absolute Gasteiger partial charge is 0.444 e. The molecule has 0 aliphatic carbocycles. The van der Waals surface area contributed by atoms with Gasteiger partial charge in [-0.3, -0.25) is 9.58 Å². The summed E-state index contributed by atoms with van der Waals surface area (Å²) in [7, 11) is 0. The molecule has 180 valence electrons. The van der Waals surface area contributed by atoms with E-state index in [-0.39, 0.29) is 11.6 Å². The quantitative estimate of drug-likeness (QED) is 0.707. The van der Waals surface area contributed by atoms with E-state index in [0.717, 1.165) is 45.0 Å². The van der Waals surface area contributed by atoms with Crippen molar-refractivity contribution in [1.29, 1.82) is 0 Å². The number of aryl methyl sites for hydroxylation is 1. The Labute approximate surface area is 192 Å². The van der Waals surface area contributed by atoms with Gasteiger partial charge in [0.05, 0.1) is 25.3 Å². The van der Waals surface area contributed by atoms with E-state index in [0.29, 0.717) is 31.2 Å². The zero-order chi connectivity index (χ0) is 23.3. The number of carbonyl (C=O) groups excluding carboxylic acids is 1. The predicted octanol–water partition coefficient (Wildman–Crippen LogP) is 3.45. The molecule has 3 fully saturated rings. The first-order chi connectivity index (χ1) is 14.9. The van der Waals surface area contributed by atoms with Crippen LogP contribution in [0.5, 0.6) is 0 Å². The molecule has 0 N–H and O–H groups in total. The Hall–Kier alpha value is -1.80. The number of aromatic nitrogens is 2. The van der Waals surface area contributed by atoms with E-state index in [4.69, 9.17) is 14.6 Å². The van der Waals surface area contributed by atoms with Gasteiger partial charge >= 0.3 is 6.09 Å². The summed E-state index contributed by atoms with van der Waals surface area (Å²) in [4.78, 5) is 19.3. The molecule has 0 unspecified atom stereocenters. The smallest absolute Gasteiger partial charge is 0.410 e. The van der Waals surface area contributed by atoms with Gasteiger partial charge in [-0.05, 0) is 61.3 Å². The molecule has 8 nitrogen and oxygen atoms in total. The third-order valence-corrected chi connectivity index (χ3v) is 7.05. The zero-order valence-electron chi connectivity index (χ0n) is 20.9. The van der Waals surface area contributed by atoms with Gasteiger partial charge in [0.25, 0.3) is 0 Å². The maximum Gasteiger partial charge on any atom is 0.410 e. The average molecular weight is 448 g/mol. The first-order valence-corrected chi connectivity index (χ1v) is 12.1. The molecule has 1 atom stereocenters. The van der Waals surface area contributed by atoms with Crippen LogP contribution in [0.4, 0.5) is 10.6 Å². The van der Waals surface area contributed by atoms with Crippen LogP contribution >= 0.6 is 0 Å². The van der Waals surface area contributed by atoms with Crippen molar-refractivity contribution < 1.29 is 14.3 Å². The van der Waals surface area contributed by atoms with Crippen LogP contribution < -0.4 is 4.90 Å². The molecule has 0 spiro atoms. The van der Waals surface area contributed by atoms with Crippen LogP contribution in [0.2, 0.25) is 0 Å². The number of ether oxygens (including phenoxy) is 2. The minimum absolute atomic E-state index is 0.00774. The number of anilines is 1. The molecule has 4 heterocycles. The fraction of sp³-hybridized carbons (Fsp3) is 0.833. The minimum atomic E-state index is -0.457.